The fourth-order valence-corrected chi connectivity index (χ4v) is 1.84. The lowest BCUT2D eigenvalue weighted by molar-refractivity contribution is -0.000907. The zero-order valence-corrected chi connectivity index (χ0v) is 9.09. The van der Waals surface area contributed by atoms with Crippen LogP contribution in [0, 0.1) is 0 Å². The first-order valence-electron chi connectivity index (χ1n) is 5.66. The molecule has 0 aliphatic carbocycles. The molecule has 0 aromatic rings. The second-order valence-electron chi connectivity index (χ2n) is 4.02. The maximum absolute atomic E-state index is 5.40. The maximum atomic E-state index is 5.40. The van der Waals surface area contributed by atoms with E-state index in [0.29, 0.717) is 6.04 Å². The normalized spacial score (nSPS) is 24.9. The summed E-state index contributed by atoms with van der Waals surface area (Å²) in [5.41, 5.74) is 0. The Balaban J connectivity index is 2.05. The number of ether oxygens (including phenoxy) is 1. The van der Waals surface area contributed by atoms with Crippen LogP contribution in [0.5, 0.6) is 0 Å². The molecule has 0 aromatic heterocycles. The van der Waals surface area contributed by atoms with Crippen molar-refractivity contribution in [3.63, 3.8) is 0 Å². The molecular weight excluding hydrogens is 162 g/mol. The summed E-state index contributed by atoms with van der Waals surface area (Å²) in [7, 11) is 0. The standard InChI is InChI=1S/C11H23NO/c1-3-4-5-6-7-12-8-9-13-10-11(12)2/h11H,3-10H2,1-2H3. The Bertz CT molecular complexity index is 127. The van der Waals surface area contributed by atoms with Crippen LogP contribution >= 0.6 is 0 Å². The topological polar surface area (TPSA) is 12.5 Å². The third-order valence-corrected chi connectivity index (χ3v) is 2.80. The number of unbranched alkanes of at least 4 members (excludes halogenated alkanes) is 3. The molecule has 78 valence electrons. The molecule has 0 radical (unpaired) electrons. The lowest BCUT2D eigenvalue weighted by atomic mass is 10.1. The molecule has 1 aliphatic rings. The molecule has 0 spiro atoms. The van der Waals surface area contributed by atoms with E-state index >= 15 is 0 Å². The summed E-state index contributed by atoms with van der Waals surface area (Å²) < 4.78 is 5.40. The summed E-state index contributed by atoms with van der Waals surface area (Å²) in [6.45, 7) is 8.78. The van der Waals surface area contributed by atoms with Crippen molar-refractivity contribution in [3.8, 4) is 0 Å². The van der Waals surface area contributed by atoms with Gasteiger partial charge in [-0.15, -0.1) is 0 Å². The monoisotopic (exact) mass is 185 g/mol. The van der Waals surface area contributed by atoms with Gasteiger partial charge in [-0.05, 0) is 19.9 Å². The predicted molar refractivity (Wildman–Crippen MR) is 56.0 cm³/mol. The molecule has 0 bridgehead atoms. The number of nitrogens with zero attached hydrogens (tertiary/aromatic N) is 1. The minimum Gasteiger partial charge on any atom is -0.379 e. The van der Waals surface area contributed by atoms with Gasteiger partial charge in [-0.1, -0.05) is 26.2 Å². The summed E-state index contributed by atoms with van der Waals surface area (Å²) in [4.78, 5) is 2.55. The second-order valence-corrected chi connectivity index (χ2v) is 4.02. The van der Waals surface area contributed by atoms with Gasteiger partial charge in [0.05, 0.1) is 13.2 Å². The highest BCUT2D eigenvalue weighted by molar-refractivity contribution is 4.70. The molecule has 2 heteroatoms. The van der Waals surface area contributed by atoms with Crippen LogP contribution in [0.2, 0.25) is 0 Å². The van der Waals surface area contributed by atoms with E-state index in [1.54, 1.807) is 0 Å². The molecule has 1 unspecified atom stereocenters. The summed E-state index contributed by atoms with van der Waals surface area (Å²) in [6, 6.07) is 0.635. The molecule has 0 amide bonds. The highest BCUT2D eigenvalue weighted by Gasteiger charge is 2.17. The maximum Gasteiger partial charge on any atom is 0.0619 e. The van der Waals surface area contributed by atoms with Crippen LogP contribution in [0.1, 0.15) is 39.5 Å². The molecule has 1 atom stereocenters. The van der Waals surface area contributed by atoms with Gasteiger partial charge in [0.25, 0.3) is 0 Å². The second kappa shape index (κ2) is 6.39. The number of rotatable bonds is 5. The van der Waals surface area contributed by atoms with E-state index in [1.165, 1.54) is 32.2 Å². The molecule has 1 fully saturated rings. The van der Waals surface area contributed by atoms with Gasteiger partial charge >= 0.3 is 0 Å². The van der Waals surface area contributed by atoms with Gasteiger partial charge in [0.15, 0.2) is 0 Å². The SMILES string of the molecule is CCCCCCN1CCOCC1C. The third kappa shape index (κ3) is 4.10. The van der Waals surface area contributed by atoms with Crippen molar-refractivity contribution in [1.82, 2.24) is 4.90 Å². The van der Waals surface area contributed by atoms with Crippen LogP contribution in [-0.4, -0.2) is 37.2 Å². The summed E-state index contributed by atoms with van der Waals surface area (Å²) in [6.07, 6.45) is 5.47. The predicted octanol–water partition coefficient (Wildman–Crippen LogP) is 2.29. The lowest BCUT2D eigenvalue weighted by Crippen LogP contribution is -2.43. The molecule has 0 saturated carbocycles. The van der Waals surface area contributed by atoms with E-state index in [1.807, 2.05) is 0 Å². The molecule has 0 aromatic carbocycles. The van der Waals surface area contributed by atoms with Crippen LogP contribution in [0.25, 0.3) is 0 Å². The molecule has 1 saturated heterocycles. The minimum absolute atomic E-state index is 0.635. The first kappa shape index (κ1) is 11.0. The Morgan fingerprint density at radius 2 is 2.15 bits per heavy atom. The minimum atomic E-state index is 0.635. The fourth-order valence-electron chi connectivity index (χ4n) is 1.84. The van der Waals surface area contributed by atoms with Crippen LogP contribution in [-0.2, 0) is 4.74 Å². The van der Waals surface area contributed by atoms with Gasteiger partial charge in [-0.3, -0.25) is 4.90 Å². The van der Waals surface area contributed by atoms with E-state index in [-0.39, 0.29) is 0 Å². The van der Waals surface area contributed by atoms with Crippen LogP contribution in [0.4, 0.5) is 0 Å². The largest absolute Gasteiger partial charge is 0.379 e. The zero-order valence-electron chi connectivity index (χ0n) is 9.09. The number of hydrogen-bond acceptors (Lipinski definition) is 2. The van der Waals surface area contributed by atoms with Gasteiger partial charge in [0.2, 0.25) is 0 Å². The van der Waals surface area contributed by atoms with Crippen LogP contribution in [0.3, 0.4) is 0 Å². The van der Waals surface area contributed by atoms with Gasteiger partial charge in [0.1, 0.15) is 0 Å². The van der Waals surface area contributed by atoms with E-state index in [0.717, 1.165) is 19.8 Å². The van der Waals surface area contributed by atoms with Gasteiger partial charge < -0.3 is 4.74 Å². The number of hydrogen-bond donors (Lipinski definition) is 0. The molecule has 1 rings (SSSR count). The first-order valence-corrected chi connectivity index (χ1v) is 5.66. The Hall–Kier alpha value is -0.0800. The Morgan fingerprint density at radius 3 is 2.85 bits per heavy atom. The summed E-state index contributed by atoms with van der Waals surface area (Å²) >= 11 is 0. The molecular formula is C11H23NO. The van der Waals surface area contributed by atoms with Crippen molar-refractivity contribution in [1.29, 1.82) is 0 Å². The Labute approximate surface area is 82.3 Å². The van der Waals surface area contributed by atoms with Crippen LogP contribution in [0.15, 0.2) is 0 Å². The summed E-state index contributed by atoms with van der Waals surface area (Å²) in [5.74, 6) is 0. The average molecular weight is 185 g/mol. The van der Waals surface area contributed by atoms with Gasteiger partial charge in [0, 0.05) is 12.6 Å². The Morgan fingerprint density at radius 1 is 1.31 bits per heavy atom. The average Bonchev–Trinajstić information content (AvgIpc) is 2.15. The lowest BCUT2D eigenvalue weighted by Gasteiger charge is -2.33. The van der Waals surface area contributed by atoms with Crippen LogP contribution < -0.4 is 0 Å². The fraction of sp³-hybridized carbons (Fsp3) is 1.00. The van der Waals surface area contributed by atoms with E-state index in [4.69, 9.17) is 4.74 Å². The van der Waals surface area contributed by atoms with Crippen molar-refractivity contribution in [2.45, 2.75) is 45.6 Å². The molecule has 1 aliphatic heterocycles. The highest BCUT2D eigenvalue weighted by Crippen LogP contribution is 2.08. The molecule has 0 N–H and O–H groups in total. The van der Waals surface area contributed by atoms with Crippen molar-refractivity contribution in [3.05, 3.63) is 0 Å². The van der Waals surface area contributed by atoms with Gasteiger partial charge in [-0.25, -0.2) is 0 Å². The molecule has 13 heavy (non-hydrogen) atoms. The third-order valence-electron chi connectivity index (χ3n) is 2.80. The first-order chi connectivity index (χ1) is 6.34. The van der Waals surface area contributed by atoms with E-state index in [2.05, 4.69) is 18.7 Å². The smallest absolute Gasteiger partial charge is 0.0619 e. The quantitative estimate of drug-likeness (QED) is 0.609. The van der Waals surface area contributed by atoms with E-state index in [9.17, 15) is 0 Å². The van der Waals surface area contributed by atoms with Crippen molar-refractivity contribution in [2.24, 2.45) is 0 Å². The molecule has 2 nitrogen and oxygen atoms in total. The zero-order chi connectivity index (χ0) is 9.52. The summed E-state index contributed by atoms with van der Waals surface area (Å²) in [5, 5.41) is 0. The van der Waals surface area contributed by atoms with Gasteiger partial charge in [-0.2, -0.15) is 0 Å². The van der Waals surface area contributed by atoms with Crippen molar-refractivity contribution < 1.29 is 4.74 Å². The van der Waals surface area contributed by atoms with Crippen molar-refractivity contribution >= 4 is 0 Å². The molecule has 1 heterocycles. The van der Waals surface area contributed by atoms with Crippen molar-refractivity contribution in [2.75, 3.05) is 26.3 Å². The number of morpholine rings is 1. The highest BCUT2D eigenvalue weighted by atomic mass is 16.5. The van der Waals surface area contributed by atoms with E-state index < -0.39 is 0 Å². The Kier molecular flexibility index (Phi) is 5.40.